The minimum Gasteiger partial charge on any atom is -0.497 e. The van der Waals surface area contributed by atoms with Gasteiger partial charge in [0.15, 0.2) is 5.82 Å². The normalized spacial score (nSPS) is 15.7. The molecule has 0 radical (unpaired) electrons. The van der Waals surface area contributed by atoms with Gasteiger partial charge in [-0.1, -0.05) is 30.5 Å². The van der Waals surface area contributed by atoms with Crippen molar-refractivity contribution in [2.75, 3.05) is 12.4 Å². The van der Waals surface area contributed by atoms with E-state index in [1.165, 1.54) is 11.1 Å². The van der Waals surface area contributed by atoms with Crippen molar-refractivity contribution in [1.29, 1.82) is 0 Å². The Morgan fingerprint density at radius 1 is 1.04 bits per heavy atom. The number of tetrazole rings is 1. The van der Waals surface area contributed by atoms with Gasteiger partial charge in [-0.25, -0.2) is 0 Å². The van der Waals surface area contributed by atoms with Crippen LogP contribution in [0.3, 0.4) is 0 Å². The Kier molecular flexibility index (Phi) is 4.56. The fourth-order valence-corrected chi connectivity index (χ4v) is 3.98. The lowest BCUT2D eigenvalue weighted by atomic mass is 9.94. The molecule has 4 rings (SSSR count). The average molecular weight is 363 g/mol. The minimum atomic E-state index is -0.260. The van der Waals surface area contributed by atoms with Crippen LogP contribution in [0, 0.1) is 13.8 Å². The highest BCUT2D eigenvalue weighted by Crippen LogP contribution is 2.41. The first-order valence-electron chi connectivity index (χ1n) is 9.40. The van der Waals surface area contributed by atoms with Gasteiger partial charge >= 0.3 is 0 Å². The molecule has 1 saturated carbocycles. The number of anilines is 1. The Labute approximate surface area is 159 Å². The second-order valence-electron chi connectivity index (χ2n) is 7.34. The lowest BCUT2D eigenvalue weighted by Gasteiger charge is -2.31. The van der Waals surface area contributed by atoms with Crippen molar-refractivity contribution >= 4 is 5.69 Å². The summed E-state index contributed by atoms with van der Waals surface area (Å²) in [4.78, 5) is 0. The SMILES string of the molecule is COc1ccc(-n2nnnc2C2(Nc3ccc(C)cc3C)CCCC2)cc1. The van der Waals surface area contributed by atoms with Gasteiger partial charge in [0.2, 0.25) is 0 Å². The first kappa shape index (κ1) is 17.5. The molecular formula is C21H25N5O. The van der Waals surface area contributed by atoms with E-state index in [4.69, 9.17) is 4.74 Å². The van der Waals surface area contributed by atoms with Crippen LogP contribution < -0.4 is 10.1 Å². The number of hydrogen-bond donors (Lipinski definition) is 1. The Morgan fingerprint density at radius 3 is 2.44 bits per heavy atom. The summed E-state index contributed by atoms with van der Waals surface area (Å²) in [6.07, 6.45) is 4.34. The highest BCUT2D eigenvalue weighted by molar-refractivity contribution is 5.54. The van der Waals surface area contributed by atoms with Crippen LogP contribution in [0.5, 0.6) is 5.75 Å². The van der Waals surface area contributed by atoms with Crippen LogP contribution in [-0.4, -0.2) is 27.3 Å². The molecule has 140 valence electrons. The van der Waals surface area contributed by atoms with Crippen molar-refractivity contribution in [3.8, 4) is 11.4 Å². The zero-order valence-electron chi connectivity index (χ0n) is 16.1. The van der Waals surface area contributed by atoms with Crippen LogP contribution >= 0.6 is 0 Å². The summed E-state index contributed by atoms with van der Waals surface area (Å²) in [5.41, 5.74) is 4.33. The van der Waals surface area contributed by atoms with Gasteiger partial charge in [0, 0.05) is 5.69 Å². The van der Waals surface area contributed by atoms with Crippen LogP contribution in [0.25, 0.3) is 5.69 Å². The van der Waals surface area contributed by atoms with Gasteiger partial charge in [-0.2, -0.15) is 4.68 Å². The molecule has 6 heteroatoms. The molecule has 0 spiro atoms. The van der Waals surface area contributed by atoms with Gasteiger partial charge in [-0.3, -0.25) is 0 Å². The van der Waals surface area contributed by atoms with E-state index in [2.05, 4.69) is 52.9 Å². The molecule has 0 bridgehead atoms. The monoisotopic (exact) mass is 363 g/mol. The number of aryl methyl sites for hydroxylation is 2. The van der Waals surface area contributed by atoms with Crippen LogP contribution in [-0.2, 0) is 5.54 Å². The maximum atomic E-state index is 5.26. The largest absolute Gasteiger partial charge is 0.497 e. The molecule has 0 aliphatic heterocycles. The summed E-state index contributed by atoms with van der Waals surface area (Å²) in [6.45, 7) is 4.26. The Balaban J connectivity index is 1.73. The average Bonchev–Trinajstić information content (AvgIpc) is 3.34. The van der Waals surface area contributed by atoms with E-state index in [0.717, 1.165) is 48.6 Å². The second kappa shape index (κ2) is 7.02. The van der Waals surface area contributed by atoms with Gasteiger partial charge in [0.05, 0.1) is 18.3 Å². The number of ether oxygens (including phenoxy) is 1. The molecule has 1 aliphatic rings. The van der Waals surface area contributed by atoms with E-state index in [1.54, 1.807) is 7.11 Å². The van der Waals surface area contributed by atoms with Crippen LogP contribution in [0.4, 0.5) is 5.69 Å². The molecule has 27 heavy (non-hydrogen) atoms. The van der Waals surface area contributed by atoms with Crippen molar-refractivity contribution in [3.05, 3.63) is 59.4 Å². The van der Waals surface area contributed by atoms with Crippen molar-refractivity contribution in [2.24, 2.45) is 0 Å². The van der Waals surface area contributed by atoms with Crippen molar-refractivity contribution in [3.63, 3.8) is 0 Å². The second-order valence-corrected chi connectivity index (χ2v) is 7.34. The smallest absolute Gasteiger partial charge is 0.181 e. The highest BCUT2D eigenvalue weighted by atomic mass is 16.5. The Hall–Kier alpha value is -2.89. The third-order valence-electron chi connectivity index (χ3n) is 5.43. The lowest BCUT2D eigenvalue weighted by Crippen LogP contribution is -2.35. The standard InChI is InChI=1S/C21H25N5O/c1-15-6-11-19(16(2)14-15)22-21(12-4-5-13-21)20-23-24-25-26(20)17-7-9-18(27-3)10-8-17/h6-11,14,22H,4-5,12-13H2,1-3H3. The van der Waals surface area contributed by atoms with E-state index in [0.29, 0.717) is 0 Å². The summed E-state index contributed by atoms with van der Waals surface area (Å²) in [5.74, 6) is 1.68. The van der Waals surface area contributed by atoms with E-state index in [9.17, 15) is 0 Å². The summed E-state index contributed by atoms with van der Waals surface area (Å²) in [5, 5.41) is 16.5. The molecule has 0 unspecified atom stereocenters. The predicted molar refractivity (Wildman–Crippen MR) is 105 cm³/mol. The molecule has 1 aliphatic carbocycles. The van der Waals surface area contributed by atoms with Crippen molar-refractivity contribution in [1.82, 2.24) is 20.2 Å². The van der Waals surface area contributed by atoms with Gasteiger partial charge in [-0.15, -0.1) is 5.10 Å². The third kappa shape index (κ3) is 3.27. The molecule has 1 N–H and O–H groups in total. The van der Waals surface area contributed by atoms with Gasteiger partial charge in [0.1, 0.15) is 5.75 Å². The molecule has 6 nitrogen and oxygen atoms in total. The van der Waals surface area contributed by atoms with E-state index in [1.807, 2.05) is 28.9 Å². The molecule has 1 fully saturated rings. The molecule has 3 aromatic rings. The van der Waals surface area contributed by atoms with Crippen LogP contribution in [0.1, 0.15) is 42.6 Å². The maximum Gasteiger partial charge on any atom is 0.181 e. The molecule has 1 aromatic heterocycles. The molecule has 1 heterocycles. The Bertz CT molecular complexity index is 926. The number of nitrogens with one attached hydrogen (secondary N) is 1. The zero-order valence-corrected chi connectivity index (χ0v) is 16.1. The van der Waals surface area contributed by atoms with Gasteiger partial charge in [0.25, 0.3) is 0 Å². The molecule has 0 atom stereocenters. The maximum absolute atomic E-state index is 5.26. The van der Waals surface area contributed by atoms with Crippen molar-refractivity contribution < 1.29 is 4.74 Å². The fraction of sp³-hybridized carbons (Fsp3) is 0.381. The minimum absolute atomic E-state index is 0.260. The first-order chi connectivity index (χ1) is 13.1. The number of aromatic nitrogens is 4. The zero-order chi connectivity index (χ0) is 18.9. The van der Waals surface area contributed by atoms with Crippen LogP contribution in [0.2, 0.25) is 0 Å². The third-order valence-corrected chi connectivity index (χ3v) is 5.43. The van der Waals surface area contributed by atoms with E-state index >= 15 is 0 Å². The summed E-state index contributed by atoms with van der Waals surface area (Å²) >= 11 is 0. The topological polar surface area (TPSA) is 64.9 Å². The first-order valence-corrected chi connectivity index (χ1v) is 9.40. The number of hydrogen-bond acceptors (Lipinski definition) is 5. The summed E-state index contributed by atoms with van der Waals surface area (Å²) in [6, 6.07) is 14.3. The van der Waals surface area contributed by atoms with Crippen LogP contribution in [0.15, 0.2) is 42.5 Å². The van der Waals surface area contributed by atoms with Gasteiger partial charge < -0.3 is 10.1 Å². The number of rotatable bonds is 5. The van der Waals surface area contributed by atoms with E-state index in [-0.39, 0.29) is 5.54 Å². The van der Waals surface area contributed by atoms with E-state index < -0.39 is 0 Å². The molecule has 0 amide bonds. The number of benzene rings is 2. The molecular weight excluding hydrogens is 338 g/mol. The quantitative estimate of drug-likeness (QED) is 0.737. The van der Waals surface area contributed by atoms with Gasteiger partial charge in [-0.05, 0) is 73.0 Å². The number of methoxy groups -OCH3 is 1. The molecule has 0 saturated heterocycles. The predicted octanol–water partition coefficient (Wildman–Crippen LogP) is 4.17. The Morgan fingerprint density at radius 2 is 1.78 bits per heavy atom. The summed E-state index contributed by atoms with van der Waals surface area (Å²) < 4.78 is 7.11. The fourth-order valence-electron chi connectivity index (χ4n) is 3.98. The van der Waals surface area contributed by atoms with Crippen molar-refractivity contribution in [2.45, 2.75) is 45.1 Å². The lowest BCUT2D eigenvalue weighted by molar-refractivity contribution is 0.414. The summed E-state index contributed by atoms with van der Waals surface area (Å²) in [7, 11) is 1.67. The number of nitrogens with zero attached hydrogens (tertiary/aromatic N) is 4. The molecule has 2 aromatic carbocycles. The highest BCUT2D eigenvalue weighted by Gasteiger charge is 2.41.